The summed E-state index contributed by atoms with van der Waals surface area (Å²) in [4.78, 5) is 24.7. The van der Waals surface area contributed by atoms with Gasteiger partial charge >= 0.3 is 0 Å². The Morgan fingerprint density at radius 2 is 1.75 bits per heavy atom. The Morgan fingerprint density at radius 3 is 2.32 bits per heavy atom. The predicted molar refractivity (Wildman–Crippen MR) is 106 cm³/mol. The van der Waals surface area contributed by atoms with E-state index in [9.17, 15) is 14.0 Å². The molecule has 2 rings (SSSR count). The number of nitrogens with zero attached hydrogens (tertiary/aromatic N) is 1. The third-order valence-corrected chi connectivity index (χ3v) is 3.92. The van der Waals surface area contributed by atoms with Crippen LogP contribution in [-0.2, 0) is 4.79 Å². The molecule has 1 atom stereocenters. The maximum absolute atomic E-state index is 13.0. The van der Waals surface area contributed by atoms with Gasteiger partial charge in [-0.1, -0.05) is 13.8 Å². The van der Waals surface area contributed by atoms with Crippen LogP contribution in [0.25, 0.3) is 0 Å². The van der Waals surface area contributed by atoms with Crippen molar-refractivity contribution in [2.45, 2.75) is 26.8 Å². The van der Waals surface area contributed by atoms with Crippen molar-refractivity contribution in [1.29, 1.82) is 0 Å². The fourth-order valence-electron chi connectivity index (χ4n) is 2.42. The van der Waals surface area contributed by atoms with E-state index in [4.69, 9.17) is 4.74 Å². The molecule has 0 heterocycles. The fraction of sp³-hybridized carbons (Fsp3) is 0.286. The summed E-state index contributed by atoms with van der Waals surface area (Å²) < 4.78 is 18.4. The van der Waals surface area contributed by atoms with Crippen molar-refractivity contribution in [3.05, 3.63) is 65.5 Å². The van der Waals surface area contributed by atoms with Crippen LogP contribution >= 0.6 is 0 Å². The molecule has 0 aliphatic carbocycles. The molecule has 0 radical (unpaired) electrons. The van der Waals surface area contributed by atoms with Crippen LogP contribution in [0, 0.1) is 11.7 Å². The minimum absolute atomic E-state index is 0.162. The summed E-state index contributed by atoms with van der Waals surface area (Å²) in [5.41, 5.74) is 3.51. The summed E-state index contributed by atoms with van der Waals surface area (Å²) in [6.45, 7) is 6.12. The molecule has 0 aliphatic heterocycles. The number of nitrogens with one attached hydrogen (secondary N) is 2. The maximum atomic E-state index is 13.0. The smallest absolute Gasteiger partial charge is 0.262 e. The molecule has 6 nitrogen and oxygen atoms in total. The second kappa shape index (κ2) is 10.2. The van der Waals surface area contributed by atoms with Gasteiger partial charge in [0.25, 0.3) is 11.8 Å². The van der Waals surface area contributed by atoms with Crippen LogP contribution in [0.1, 0.15) is 36.7 Å². The number of carbonyl (C=O) groups is 2. The second-order valence-electron chi connectivity index (χ2n) is 6.44. The molecule has 0 saturated carbocycles. The van der Waals surface area contributed by atoms with Gasteiger partial charge in [0.1, 0.15) is 17.6 Å². The molecule has 7 heteroatoms. The average Bonchev–Trinajstić information content (AvgIpc) is 2.67. The van der Waals surface area contributed by atoms with Gasteiger partial charge in [-0.05, 0) is 66.9 Å². The van der Waals surface area contributed by atoms with Crippen LogP contribution in [-0.4, -0.2) is 30.7 Å². The van der Waals surface area contributed by atoms with Crippen molar-refractivity contribution < 1.29 is 18.7 Å². The topological polar surface area (TPSA) is 79.8 Å². The first-order valence-electron chi connectivity index (χ1n) is 9.03. The summed E-state index contributed by atoms with van der Waals surface area (Å²) >= 11 is 0. The summed E-state index contributed by atoms with van der Waals surface area (Å²) in [6, 6.07) is 11.6. The Kier molecular flexibility index (Phi) is 7.68. The Balaban J connectivity index is 1.96. The highest BCUT2D eigenvalue weighted by molar-refractivity contribution is 5.97. The number of halogens is 1. The fourth-order valence-corrected chi connectivity index (χ4v) is 2.42. The Bertz CT molecular complexity index is 818. The molecular weight excluding hydrogens is 361 g/mol. The van der Waals surface area contributed by atoms with Crippen molar-refractivity contribution in [3.63, 3.8) is 0 Å². The predicted octanol–water partition coefficient (Wildman–Crippen LogP) is 3.13. The third-order valence-electron chi connectivity index (χ3n) is 3.92. The standard InChI is InChI=1S/C21H24FN3O3/c1-4-28-18-11-5-15(6-12-18)13-23-25-21(27)19(14(2)3)24-20(26)16-7-9-17(22)10-8-16/h5-14,19H,4H2,1-3H3,(H,24,26)(H,25,27). The molecule has 2 aromatic carbocycles. The van der Waals surface area contributed by atoms with Crippen molar-refractivity contribution in [2.24, 2.45) is 11.0 Å². The summed E-state index contributed by atoms with van der Waals surface area (Å²) in [6.07, 6.45) is 1.51. The van der Waals surface area contributed by atoms with Crippen molar-refractivity contribution >= 4 is 18.0 Å². The van der Waals surface area contributed by atoms with Crippen molar-refractivity contribution in [2.75, 3.05) is 6.61 Å². The van der Waals surface area contributed by atoms with E-state index in [2.05, 4.69) is 15.8 Å². The highest BCUT2D eigenvalue weighted by Crippen LogP contribution is 2.11. The van der Waals surface area contributed by atoms with Crippen LogP contribution in [0.5, 0.6) is 5.75 Å². The number of carbonyl (C=O) groups excluding carboxylic acids is 2. The minimum Gasteiger partial charge on any atom is -0.494 e. The molecule has 0 spiro atoms. The minimum atomic E-state index is -0.782. The number of hydrazone groups is 1. The monoisotopic (exact) mass is 385 g/mol. The molecule has 1 unspecified atom stereocenters. The third kappa shape index (κ3) is 6.19. The summed E-state index contributed by atoms with van der Waals surface area (Å²) in [5.74, 6) is -0.729. The number of ether oxygens (including phenoxy) is 1. The SMILES string of the molecule is CCOc1ccc(C=NNC(=O)C(NC(=O)c2ccc(F)cc2)C(C)C)cc1. The normalized spacial score (nSPS) is 12.0. The molecule has 28 heavy (non-hydrogen) atoms. The molecular formula is C21H24FN3O3. The van der Waals surface area contributed by atoms with E-state index in [1.54, 1.807) is 0 Å². The maximum Gasteiger partial charge on any atom is 0.262 e. The molecule has 0 bridgehead atoms. The van der Waals surface area contributed by atoms with Crippen molar-refractivity contribution in [1.82, 2.24) is 10.7 Å². The van der Waals surface area contributed by atoms with Gasteiger partial charge in [0, 0.05) is 5.56 Å². The lowest BCUT2D eigenvalue weighted by Gasteiger charge is -2.20. The van der Waals surface area contributed by atoms with Gasteiger partial charge in [-0.2, -0.15) is 5.10 Å². The van der Waals surface area contributed by atoms with Gasteiger partial charge in [0.2, 0.25) is 0 Å². The molecule has 0 aromatic heterocycles. The van der Waals surface area contributed by atoms with E-state index >= 15 is 0 Å². The van der Waals surface area contributed by atoms with E-state index < -0.39 is 23.7 Å². The highest BCUT2D eigenvalue weighted by Gasteiger charge is 2.24. The molecule has 2 N–H and O–H groups in total. The van der Waals surface area contributed by atoms with Gasteiger partial charge in [-0.3, -0.25) is 9.59 Å². The first-order valence-corrected chi connectivity index (χ1v) is 9.03. The first-order chi connectivity index (χ1) is 13.4. The molecule has 2 aromatic rings. The zero-order valence-electron chi connectivity index (χ0n) is 16.1. The van der Waals surface area contributed by atoms with Crippen LogP contribution in [0.15, 0.2) is 53.6 Å². The quantitative estimate of drug-likeness (QED) is 0.541. The van der Waals surface area contributed by atoms with Crippen LogP contribution < -0.4 is 15.5 Å². The van der Waals surface area contributed by atoms with Gasteiger partial charge in [-0.25, -0.2) is 9.82 Å². The number of amides is 2. The number of benzene rings is 2. The number of rotatable bonds is 8. The lowest BCUT2D eigenvalue weighted by atomic mass is 10.0. The molecule has 148 valence electrons. The number of hydrogen-bond acceptors (Lipinski definition) is 4. The van der Waals surface area contributed by atoms with Gasteiger partial charge < -0.3 is 10.1 Å². The van der Waals surface area contributed by atoms with Crippen LogP contribution in [0.3, 0.4) is 0 Å². The molecule has 2 amide bonds. The Morgan fingerprint density at radius 1 is 1.11 bits per heavy atom. The lowest BCUT2D eigenvalue weighted by molar-refractivity contribution is -0.123. The first kappa shape index (κ1) is 21.1. The molecule has 0 fully saturated rings. The second-order valence-corrected chi connectivity index (χ2v) is 6.44. The van der Waals surface area contributed by atoms with Crippen LogP contribution in [0.4, 0.5) is 4.39 Å². The Labute approximate surface area is 163 Å². The van der Waals surface area contributed by atoms with E-state index in [1.807, 2.05) is 45.0 Å². The highest BCUT2D eigenvalue weighted by atomic mass is 19.1. The zero-order chi connectivity index (χ0) is 20.5. The molecule has 0 aliphatic rings. The zero-order valence-corrected chi connectivity index (χ0v) is 16.1. The average molecular weight is 385 g/mol. The van der Waals surface area contributed by atoms with Gasteiger partial charge in [0.05, 0.1) is 12.8 Å². The van der Waals surface area contributed by atoms with Crippen LogP contribution in [0.2, 0.25) is 0 Å². The van der Waals surface area contributed by atoms with E-state index in [-0.39, 0.29) is 11.5 Å². The van der Waals surface area contributed by atoms with Gasteiger partial charge in [-0.15, -0.1) is 0 Å². The summed E-state index contributed by atoms with van der Waals surface area (Å²) in [5, 5.41) is 6.60. The largest absolute Gasteiger partial charge is 0.494 e. The Hall–Kier alpha value is -3.22. The number of hydrogen-bond donors (Lipinski definition) is 2. The summed E-state index contributed by atoms with van der Waals surface area (Å²) in [7, 11) is 0. The lowest BCUT2D eigenvalue weighted by Crippen LogP contribution is -2.48. The van der Waals surface area contributed by atoms with E-state index in [1.165, 1.54) is 30.5 Å². The molecule has 0 saturated heterocycles. The van der Waals surface area contributed by atoms with Crippen molar-refractivity contribution in [3.8, 4) is 5.75 Å². The van der Waals surface area contributed by atoms with E-state index in [0.29, 0.717) is 6.61 Å². The van der Waals surface area contributed by atoms with Gasteiger partial charge in [0.15, 0.2) is 0 Å². The van der Waals surface area contributed by atoms with E-state index in [0.717, 1.165) is 11.3 Å².